The molecule has 1 amide bonds. The first-order valence-corrected chi connectivity index (χ1v) is 8.12. The highest BCUT2D eigenvalue weighted by Crippen LogP contribution is 2.16. The predicted octanol–water partition coefficient (Wildman–Crippen LogP) is 3.22. The molecule has 0 radical (unpaired) electrons. The van der Waals surface area contributed by atoms with Crippen LogP contribution in [0.1, 0.15) is 35.7 Å². The Morgan fingerprint density at radius 2 is 2.10 bits per heavy atom. The molecule has 0 saturated carbocycles. The first kappa shape index (κ1) is 15.5. The number of amides is 1. The van der Waals surface area contributed by atoms with Crippen LogP contribution in [0.5, 0.6) is 0 Å². The van der Waals surface area contributed by atoms with Crippen molar-refractivity contribution in [1.82, 2.24) is 10.2 Å². The van der Waals surface area contributed by atoms with Gasteiger partial charge < -0.3 is 10.2 Å². The SMILES string of the molecule is Cc1ccc(Br)cc1C(=O)NCCN1CCC(C)CC1. The monoisotopic (exact) mass is 338 g/mol. The summed E-state index contributed by atoms with van der Waals surface area (Å²) in [6.45, 7) is 8.27. The average Bonchev–Trinajstić information content (AvgIpc) is 2.43. The van der Waals surface area contributed by atoms with Gasteiger partial charge in [0.15, 0.2) is 0 Å². The molecule has 0 aromatic heterocycles. The Morgan fingerprint density at radius 1 is 1.40 bits per heavy atom. The van der Waals surface area contributed by atoms with E-state index in [4.69, 9.17) is 0 Å². The molecule has 1 aromatic rings. The second-order valence-electron chi connectivity index (χ2n) is 5.74. The maximum Gasteiger partial charge on any atom is 0.251 e. The molecule has 1 saturated heterocycles. The number of nitrogens with zero attached hydrogens (tertiary/aromatic N) is 1. The first-order chi connectivity index (χ1) is 9.56. The van der Waals surface area contributed by atoms with E-state index < -0.39 is 0 Å². The molecule has 0 atom stereocenters. The van der Waals surface area contributed by atoms with Gasteiger partial charge in [0.05, 0.1) is 0 Å². The minimum Gasteiger partial charge on any atom is -0.351 e. The molecule has 2 rings (SSSR count). The van der Waals surface area contributed by atoms with E-state index in [1.807, 2.05) is 25.1 Å². The minimum atomic E-state index is 0.0224. The predicted molar refractivity (Wildman–Crippen MR) is 86.1 cm³/mol. The highest BCUT2D eigenvalue weighted by molar-refractivity contribution is 9.10. The lowest BCUT2D eigenvalue weighted by Gasteiger charge is -2.30. The zero-order chi connectivity index (χ0) is 14.5. The molecule has 1 fully saturated rings. The fourth-order valence-electron chi connectivity index (χ4n) is 2.55. The molecule has 4 heteroatoms. The van der Waals surface area contributed by atoms with Crippen LogP contribution >= 0.6 is 15.9 Å². The fraction of sp³-hybridized carbons (Fsp3) is 0.562. The maximum atomic E-state index is 12.2. The van der Waals surface area contributed by atoms with Crippen molar-refractivity contribution >= 4 is 21.8 Å². The lowest BCUT2D eigenvalue weighted by Crippen LogP contribution is -2.39. The van der Waals surface area contributed by atoms with Gasteiger partial charge in [-0.1, -0.05) is 28.9 Å². The van der Waals surface area contributed by atoms with Crippen molar-refractivity contribution in [2.24, 2.45) is 5.92 Å². The van der Waals surface area contributed by atoms with Gasteiger partial charge >= 0.3 is 0 Å². The molecule has 1 aliphatic heterocycles. The van der Waals surface area contributed by atoms with E-state index in [-0.39, 0.29) is 5.91 Å². The van der Waals surface area contributed by atoms with Gasteiger partial charge in [-0.3, -0.25) is 4.79 Å². The molecule has 0 bridgehead atoms. The highest BCUT2D eigenvalue weighted by atomic mass is 79.9. The third-order valence-corrected chi connectivity index (χ3v) is 4.53. The molecule has 1 N–H and O–H groups in total. The lowest BCUT2D eigenvalue weighted by atomic mass is 9.99. The topological polar surface area (TPSA) is 32.3 Å². The van der Waals surface area contributed by atoms with E-state index in [9.17, 15) is 4.79 Å². The molecule has 0 unspecified atom stereocenters. The number of carbonyl (C=O) groups excluding carboxylic acids is 1. The second-order valence-corrected chi connectivity index (χ2v) is 6.65. The minimum absolute atomic E-state index is 0.0224. The van der Waals surface area contributed by atoms with Gasteiger partial charge in [-0.15, -0.1) is 0 Å². The molecule has 3 nitrogen and oxygen atoms in total. The molecular weight excluding hydrogens is 316 g/mol. The van der Waals surface area contributed by atoms with Gasteiger partial charge in [0.1, 0.15) is 0 Å². The van der Waals surface area contributed by atoms with Crippen molar-refractivity contribution < 1.29 is 4.79 Å². The zero-order valence-electron chi connectivity index (χ0n) is 12.3. The van der Waals surface area contributed by atoms with Crippen LogP contribution in [0.2, 0.25) is 0 Å². The normalized spacial score (nSPS) is 17.1. The summed E-state index contributed by atoms with van der Waals surface area (Å²) in [5, 5.41) is 3.02. The maximum absolute atomic E-state index is 12.2. The summed E-state index contributed by atoms with van der Waals surface area (Å²) in [6.07, 6.45) is 2.55. The largest absolute Gasteiger partial charge is 0.351 e. The van der Waals surface area contributed by atoms with E-state index >= 15 is 0 Å². The van der Waals surface area contributed by atoms with E-state index in [0.29, 0.717) is 0 Å². The number of benzene rings is 1. The molecule has 20 heavy (non-hydrogen) atoms. The molecule has 0 aliphatic carbocycles. The Kier molecular flexibility index (Phi) is 5.61. The standard InChI is InChI=1S/C16H23BrN2O/c1-12-5-8-19(9-6-12)10-7-18-16(20)15-11-14(17)4-3-13(15)2/h3-4,11-12H,5-10H2,1-2H3,(H,18,20). The van der Waals surface area contributed by atoms with E-state index in [1.165, 1.54) is 12.8 Å². The van der Waals surface area contributed by atoms with Crippen LogP contribution in [0.25, 0.3) is 0 Å². The number of aryl methyl sites for hydroxylation is 1. The van der Waals surface area contributed by atoms with Gasteiger partial charge in [-0.2, -0.15) is 0 Å². The Morgan fingerprint density at radius 3 is 2.80 bits per heavy atom. The number of piperidine rings is 1. The van der Waals surface area contributed by atoms with Crippen molar-refractivity contribution in [2.75, 3.05) is 26.2 Å². The van der Waals surface area contributed by atoms with Gasteiger partial charge in [0.2, 0.25) is 0 Å². The summed E-state index contributed by atoms with van der Waals surface area (Å²) in [4.78, 5) is 14.6. The van der Waals surface area contributed by atoms with Gasteiger partial charge in [0, 0.05) is 23.1 Å². The summed E-state index contributed by atoms with van der Waals surface area (Å²) < 4.78 is 0.943. The number of nitrogens with one attached hydrogen (secondary N) is 1. The number of carbonyl (C=O) groups is 1. The van der Waals surface area contributed by atoms with Gasteiger partial charge in [-0.25, -0.2) is 0 Å². The van der Waals surface area contributed by atoms with Crippen molar-refractivity contribution in [3.8, 4) is 0 Å². The summed E-state index contributed by atoms with van der Waals surface area (Å²) in [5.74, 6) is 0.874. The van der Waals surface area contributed by atoms with Crippen molar-refractivity contribution in [3.63, 3.8) is 0 Å². The lowest BCUT2D eigenvalue weighted by molar-refractivity contribution is 0.0944. The number of rotatable bonds is 4. The van der Waals surface area contributed by atoms with Crippen LogP contribution in [0, 0.1) is 12.8 Å². The van der Waals surface area contributed by atoms with Crippen LogP contribution in [0.3, 0.4) is 0 Å². The molecule has 1 heterocycles. The van der Waals surface area contributed by atoms with Crippen LogP contribution in [0.4, 0.5) is 0 Å². The van der Waals surface area contributed by atoms with Crippen LogP contribution in [0.15, 0.2) is 22.7 Å². The third-order valence-electron chi connectivity index (χ3n) is 4.03. The average molecular weight is 339 g/mol. The number of likely N-dealkylation sites (tertiary alicyclic amines) is 1. The third kappa shape index (κ3) is 4.32. The highest BCUT2D eigenvalue weighted by Gasteiger charge is 2.15. The van der Waals surface area contributed by atoms with E-state index in [0.717, 1.165) is 47.7 Å². The van der Waals surface area contributed by atoms with Crippen molar-refractivity contribution in [1.29, 1.82) is 0 Å². The number of halogens is 1. The second kappa shape index (κ2) is 7.23. The Balaban J connectivity index is 1.79. The number of hydrogen-bond donors (Lipinski definition) is 1. The summed E-state index contributed by atoms with van der Waals surface area (Å²) >= 11 is 3.41. The fourth-order valence-corrected chi connectivity index (χ4v) is 2.91. The number of hydrogen-bond acceptors (Lipinski definition) is 2. The van der Waals surface area contributed by atoms with Gasteiger partial charge in [0.25, 0.3) is 5.91 Å². The Hall–Kier alpha value is -0.870. The van der Waals surface area contributed by atoms with Gasteiger partial charge in [-0.05, 0) is 56.5 Å². The molecule has 110 valence electrons. The summed E-state index contributed by atoms with van der Waals surface area (Å²) in [5.41, 5.74) is 1.77. The quantitative estimate of drug-likeness (QED) is 0.914. The Labute approximate surface area is 129 Å². The van der Waals surface area contributed by atoms with E-state index in [1.54, 1.807) is 0 Å². The summed E-state index contributed by atoms with van der Waals surface area (Å²) in [6, 6.07) is 5.80. The van der Waals surface area contributed by atoms with Crippen LogP contribution < -0.4 is 5.32 Å². The van der Waals surface area contributed by atoms with Crippen LogP contribution in [-0.2, 0) is 0 Å². The molecule has 0 spiro atoms. The van der Waals surface area contributed by atoms with E-state index in [2.05, 4.69) is 33.1 Å². The summed E-state index contributed by atoms with van der Waals surface area (Å²) in [7, 11) is 0. The smallest absolute Gasteiger partial charge is 0.251 e. The zero-order valence-corrected chi connectivity index (χ0v) is 13.9. The first-order valence-electron chi connectivity index (χ1n) is 7.33. The molecule has 1 aliphatic rings. The Bertz CT molecular complexity index is 468. The molecule has 1 aromatic carbocycles. The van der Waals surface area contributed by atoms with Crippen LogP contribution in [-0.4, -0.2) is 37.0 Å². The van der Waals surface area contributed by atoms with Crippen molar-refractivity contribution in [3.05, 3.63) is 33.8 Å². The van der Waals surface area contributed by atoms with Crippen molar-refractivity contribution in [2.45, 2.75) is 26.7 Å². The molecular formula is C16H23BrN2O.